The van der Waals surface area contributed by atoms with Crippen LogP contribution >= 0.6 is 0 Å². The number of unbranched alkanes of at least 4 members (excludes halogenated alkanes) is 21. The Kier molecular flexibility index (Phi) is 29.0. The molecule has 0 aliphatic rings. The molecule has 0 aromatic heterocycles. The van der Waals surface area contributed by atoms with E-state index in [-0.39, 0.29) is 5.91 Å². The molecule has 0 radical (unpaired) electrons. The Morgan fingerprint density at radius 2 is 1.02 bits per heavy atom. The van der Waals surface area contributed by atoms with Crippen molar-refractivity contribution in [1.82, 2.24) is 5.32 Å². The summed E-state index contributed by atoms with van der Waals surface area (Å²) in [7, 11) is -4.33. The molecular formula is C35H67NO5S. The summed E-state index contributed by atoms with van der Waals surface area (Å²) in [6.07, 6.45) is 36.3. The highest BCUT2D eigenvalue weighted by atomic mass is 32.2. The van der Waals surface area contributed by atoms with Crippen LogP contribution in [0.1, 0.15) is 174 Å². The number of amides is 1. The molecule has 0 heterocycles. The van der Waals surface area contributed by atoms with E-state index in [1.54, 1.807) is 6.08 Å². The van der Waals surface area contributed by atoms with Crippen LogP contribution in [0.3, 0.4) is 0 Å². The van der Waals surface area contributed by atoms with E-state index >= 15 is 0 Å². The Morgan fingerprint density at radius 3 is 1.45 bits per heavy atom. The third-order valence-electron chi connectivity index (χ3n) is 7.86. The molecule has 0 saturated heterocycles. The Bertz CT molecular complexity index is 765. The first-order chi connectivity index (χ1) is 20.3. The van der Waals surface area contributed by atoms with Crippen LogP contribution in [0.4, 0.5) is 0 Å². The van der Waals surface area contributed by atoms with Crippen LogP contribution in [-0.2, 0) is 14.9 Å². The number of allylic oxidation sites excluding steroid dienone is 3. The smallest absolute Gasteiger partial charge is 0.267 e. The van der Waals surface area contributed by atoms with E-state index in [2.05, 4.69) is 31.3 Å². The van der Waals surface area contributed by atoms with Crippen LogP contribution in [0.25, 0.3) is 0 Å². The highest BCUT2D eigenvalue weighted by molar-refractivity contribution is 7.85. The monoisotopic (exact) mass is 613 g/mol. The minimum atomic E-state index is -4.33. The van der Waals surface area contributed by atoms with Gasteiger partial charge in [-0.05, 0) is 25.7 Å². The van der Waals surface area contributed by atoms with Crippen molar-refractivity contribution in [2.75, 3.05) is 5.75 Å². The molecule has 7 heteroatoms. The fourth-order valence-corrected chi connectivity index (χ4v) is 5.97. The molecule has 0 aliphatic heterocycles. The number of rotatable bonds is 31. The summed E-state index contributed by atoms with van der Waals surface area (Å²) in [4.78, 5) is 12.4. The molecule has 42 heavy (non-hydrogen) atoms. The van der Waals surface area contributed by atoms with E-state index in [9.17, 15) is 22.9 Å². The first-order valence-electron chi connectivity index (χ1n) is 17.5. The SMILES string of the molecule is CCC/C=C/CC/C=C/C(O)C(CS(=O)(=O)O)NC(=O)CCCCCCCCCCCCCCCCCCCCCC. The van der Waals surface area contributed by atoms with Gasteiger partial charge in [-0.3, -0.25) is 9.35 Å². The van der Waals surface area contributed by atoms with E-state index in [1.807, 2.05) is 0 Å². The molecule has 1 amide bonds. The third kappa shape index (κ3) is 30.3. The van der Waals surface area contributed by atoms with Gasteiger partial charge in [0.05, 0.1) is 17.9 Å². The molecule has 0 aromatic carbocycles. The lowest BCUT2D eigenvalue weighted by Gasteiger charge is -2.21. The zero-order valence-corrected chi connectivity index (χ0v) is 28.2. The molecule has 0 bridgehead atoms. The minimum Gasteiger partial charge on any atom is -0.387 e. The maximum absolute atomic E-state index is 12.4. The summed E-state index contributed by atoms with van der Waals surface area (Å²) in [5.74, 6) is -0.999. The van der Waals surface area contributed by atoms with Gasteiger partial charge in [0.1, 0.15) is 0 Å². The van der Waals surface area contributed by atoms with E-state index in [0.29, 0.717) is 12.8 Å². The zero-order chi connectivity index (χ0) is 31.2. The van der Waals surface area contributed by atoms with Crippen LogP contribution in [0, 0.1) is 0 Å². The van der Waals surface area contributed by atoms with Gasteiger partial charge in [-0.2, -0.15) is 8.42 Å². The van der Waals surface area contributed by atoms with Crippen molar-refractivity contribution in [3.8, 4) is 0 Å². The molecule has 2 atom stereocenters. The fraction of sp³-hybridized carbons (Fsp3) is 0.857. The highest BCUT2D eigenvalue weighted by Crippen LogP contribution is 2.15. The molecule has 6 nitrogen and oxygen atoms in total. The Morgan fingerprint density at radius 1 is 0.619 bits per heavy atom. The minimum absolute atomic E-state index is 0.291. The van der Waals surface area contributed by atoms with Gasteiger partial charge in [0.2, 0.25) is 5.91 Å². The van der Waals surface area contributed by atoms with Gasteiger partial charge in [0, 0.05) is 6.42 Å². The molecule has 0 fully saturated rings. The first-order valence-corrected chi connectivity index (χ1v) is 19.1. The second kappa shape index (κ2) is 29.9. The maximum Gasteiger partial charge on any atom is 0.267 e. The van der Waals surface area contributed by atoms with E-state index < -0.39 is 28.0 Å². The summed E-state index contributed by atoms with van der Waals surface area (Å²) in [6, 6.07) is -1.07. The molecule has 0 spiro atoms. The quantitative estimate of drug-likeness (QED) is 0.0410. The molecule has 3 N–H and O–H groups in total. The number of hydrogen-bond acceptors (Lipinski definition) is 4. The van der Waals surface area contributed by atoms with E-state index in [1.165, 1.54) is 115 Å². The van der Waals surface area contributed by atoms with E-state index in [4.69, 9.17) is 0 Å². The Hall–Kier alpha value is -1.18. The maximum atomic E-state index is 12.4. The second-order valence-corrected chi connectivity index (χ2v) is 13.6. The highest BCUT2D eigenvalue weighted by Gasteiger charge is 2.24. The average Bonchev–Trinajstić information content (AvgIpc) is 2.94. The van der Waals surface area contributed by atoms with Crippen molar-refractivity contribution in [2.24, 2.45) is 0 Å². The van der Waals surface area contributed by atoms with Gasteiger partial charge in [0.15, 0.2) is 0 Å². The van der Waals surface area contributed by atoms with Crippen LogP contribution < -0.4 is 5.32 Å². The molecule has 0 aromatic rings. The predicted molar refractivity (Wildman–Crippen MR) is 179 cm³/mol. The third-order valence-corrected chi connectivity index (χ3v) is 8.64. The Labute approximate surface area is 260 Å². The van der Waals surface area contributed by atoms with Crippen LogP contribution in [0.2, 0.25) is 0 Å². The summed E-state index contributed by atoms with van der Waals surface area (Å²) in [6.45, 7) is 4.39. The average molecular weight is 614 g/mol. The predicted octanol–water partition coefficient (Wildman–Crippen LogP) is 9.62. The van der Waals surface area contributed by atoms with Crippen molar-refractivity contribution >= 4 is 16.0 Å². The van der Waals surface area contributed by atoms with Gasteiger partial charge in [-0.15, -0.1) is 0 Å². The molecule has 0 saturated carbocycles. The number of aliphatic hydroxyl groups excluding tert-OH is 1. The zero-order valence-electron chi connectivity index (χ0n) is 27.4. The van der Waals surface area contributed by atoms with Crippen molar-refractivity contribution in [2.45, 2.75) is 187 Å². The van der Waals surface area contributed by atoms with Crippen LogP contribution in [0.15, 0.2) is 24.3 Å². The number of nitrogens with one attached hydrogen (secondary N) is 1. The molecule has 248 valence electrons. The van der Waals surface area contributed by atoms with Crippen LogP contribution in [-0.4, -0.2) is 41.9 Å². The van der Waals surface area contributed by atoms with Crippen molar-refractivity contribution in [1.29, 1.82) is 0 Å². The fourth-order valence-electron chi connectivity index (χ4n) is 5.24. The normalized spacial score (nSPS) is 13.7. The van der Waals surface area contributed by atoms with Crippen molar-refractivity contribution in [3.63, 3.8) is 0 Å². The number of carbonyl (C=O) groups is 1. The second-order valence-electron chi connectivity index (χ2n) is 12.1. The standard InChI is InChI=1S/C35H67NO5S/c1-3-5-7-9-11-12-13-14-15-16-17-18-19-20-21-22-23-25-27-29-31-35(38)36-33(32-42(39,40)41)34(37)30-28-26-24-10-8-6-4-2/h8,10,28,30,33-34,37H,3-7,9,11-27,29,31-32H2,1-2H3,(H,36,38)(H,39,40,41)/b10-8+,30-28+. The largest absolute Gasteiger partial charge is 0.387 e. The molecule has 2 unspecified atom stereocenters. The number of carbonyl (C=O) groups excluding carboxylic acids is 1. The summed E-state index contributed by atoms with van der Waals surface area (Å²) in [5, 5.41) is 13.0. The van der Waals surface area contributed by atoms with Gasteiger partial charge >= 0.3 is 0 Å². The molecular weight excluding hydrogens is 546 g/mol. The van der Waals surface area contributed by atoms with E-state index in [0.717, 1.165) is 38.5 Å². The van der Waals surface area contributed by atoms with Crippen LogP contribution in [0.5, 0.6) is 0 Å². The van der Waals surface area contributed by atoms with Gasteiger partial charge in [-0.1, -0.05) is 167 Å². The van der Waals surface area contributed by atoms with Crippen molar-refractivity contribution in [3.05, 3.63) is 24.3 Å². The summed E-state index contributed by atoms with van der Waals surface area (Å²) in [5.41, 5.74) is 0. The lowest BCUT2D eigenvalue weighted by Crippen LogP contribution is -2.46. The van der Waals surface area contributed by atoms with Gasteiger partial charge in [0.25, 0.3) is 10.1 Å². The summed E-state index contributed by atoms with van der Waals surface area (Å²) >= 11 is 0. The summed E-state index contributed by atoms with van der Waals surface area (Å²) < 4.78 is 32.1. The number of aliphatic hydroxyl groups is 1. The topological polar surface area (TPSA) is 104 Å². The van der Waals surface area contributed by atoms with Gasteiger partial charge in [-0.25, -0.2) is 0 Å². The molecule has 0 rings (SSSR count). The number of hydrogen-bond donors (Lipinski definition) is 3. The lowest BCUT2D eigenvalue weighted by atomic mass is 10.0. The molecule has 0 aliphatic carbocycles. The Balaban J connectivity index is 3.80. The van der Waals surface area contributed by atoms with Gasteiger partial charge < -0.3 is 10.4 Å². The van der Waals surface area contributed by atoms with Crippen molar-refractivity contribution < 1.29 is 22.9 Å². The first kappa shape index (κ1) is 40.8. The lowest BCUT2D eigenvalue weighted by molar-refractivity contribution is -0.122.